The maximum Gasteiger partial charge on any atom is 0.312 e. The van der Waals surface area contributed by atoms with Gasteiger partial charge in [-0.1, -0.05) is 66.7 Å². The molecule has 3 aromatic carbocycles. The lowest BCUT2D eigenvalue weighted by atomic mass is 9.66. The van der Waals surface area contributed by atoms with Gasteiger partial charge in [-0.15, -0.1) is 6.58 Å². The van der Waals surface area contributed by atoms with Crippen molar-refractivity contribution in [1.82, 2.24) is 4.90 Å². The summed E-state index contributed by atoms with van der Waals surface area (Å²) in [7, 11) is 0. The van der Waals surface area contributed by atoms with Crippen molar-refractivity contribution >= 4 is 34.2 Å². The summed E-state index contributed by atoms with van der Waals surface area (Å²) in [5.74, 6) is -2.99. The molecule has 3 aromatic rings. The van der Waals surface area contributed by atoms with Crippen LogP contribution in [0.2, 0.25) is 0 Å². The highest BCUT2D eigenvalue weighted by molar-refractivity contribution is 6.06. The first-order valence-electron chi connectivity index (χ1n) is 14.6. The van der Waals surface area contributed by atoms with Crippen LogP contribution in [0.25, 0.3) is 10.8 Å². The molecular formula is C34H36N2O6. The molecule has 1 N–H and O–H groups in total. The van der Waals surface area contributed by atoms with E-state index < -0.39 is 47.7 Å². The van der Waals surface area contributed by atoms with Crippen LogP contribution in [0.3, 0.4) is 0 Å². The highest BCUT2D eigenvalue weighted by atomic mass is 16.6. The van der Waals surface area contributed by atoms with E-state index in [4.69, 9.17) is 9.47 Å². The number of rotatable bonds is 9. The Hall–Kier alpha value is -4.01. The Kier molecular flexibility index (Phi) is 7.15. The van der Waals surface area contributed by atoms with Gasteiger partial charge in [0.1, 0.15) is 17.6 Å². The van der Waals surface area contributed by atoms with Gasteiger partial charge in [-0.05, 0) is 55.2 Å². The van der Waals surface area contributed by atoms with E-state index in [1.807, 2.05) is 79.7 Å². The van der Waals surface area contributed by atoms with Crippen molar-refractivity contribution in [2.24, 2.45) is 11.8 Å². The van der Waals surface area contributed by atoms with Crippen LogP contribution in [-0.4, -0.2) is 64.8 Å². The van der Waals surface area contributed by atoms with Crippen LogP contribution in [0, 0.1) is 11.8 Å². The van der Waals surface area contributed by atoms with Crippen molar-refractivity contribution in [3.63, 3.8) is 0 Å². The van der Waals surface area contributed by atoms with Gasteiger partial charge in [0.25, 0.3) is 5.91 Å². The number of carbonyl (C=O) groups excluding carboxylic acids is 3. The van der Waals surface area contributed by atoms with Crippen LogP contribution in [0.15, 0.2) is 85.5 Å². The second-order valence-corrected chi connectivity index (χ2v) is 11.6. The molecule has 6 atom stereocenters. The van der Waals surface area contributed by atoms with Gasteiger partial charge in [-0.2, -0.15) is 0 Å². The minimum absolute atomic E-state index is 0.170. The van der Waals surface area contributed by atoms with Crippen LogP contribution in [-0.2, 0) is 23.9 Å². The quantitative estimate of drug-likeness (QED) is 0.303. The van der Waals surface area contributed by atoms with E-state index in [2.05, 4.69) is 6.58 Å². The van der Waals surface area contributed by atoms with E-state index in [-0.39, 0.29) is 25.0 Å². The number of carbonyl (C=O) groups is 3. The highest BCUT2D eigenvalue weighted by Crippen LogP contribution is 2.64. The summed E-state index contributed by atoms with van der Waals surface area (Å²) >= 11 is 0. The molecule has 0 saturated carbocycles. The molecule has 0 radical (unpaired) electrons. The lowest BCUT2D eigenvalue weighted by molar-refractivity contribution is -0.160. The number of fused-ring (bicyclic) bond motifs is 2. The lowest BCUT2D eigenvalue weighted by Crippen LogP contribution is -2.57. The third kappa shape index (κ3) is 4.15. The second-order valence-electron chi connectivity index (χ2n) is 11.6. The third-order valence-corrected chi connectivity index (χ3v) is 9.30. The molecule has 6 rings (SSSR count). The van der Waals surface area contributed by atoms with Gasteiger partial charge in [-0.25, -0.2) is 0 Å². The van der Waals surface area contributed by atoms with Gasteiger partial charge in [-0.3, -0.25) is 14.4 Å². The number of nitrogens with zero attached hydrogens (tertiary/aromatic N) is 2. The van der Waals surface area contributed by atoms with Gasteiger partial charge in [0.05, 0.1) is 30.8 Å². The molecule has 0 aliphatic carbocycles. The molecule has 2 amide bonds. The number of benzene rings is 3. The van der Waals surface area contributed by atoms with Gasteiger partial charge < -0.3 is 24.4 Å². The van der Waals surface area contributed by atoms with Gasteiger partial charge >= 0.3 is 5.97 Å². The van der Waals surface area contributed by atoms with Crippen molar-refractivity contribution in [2.45, 2.75) is 50.0 Å². The number of aliphatic hydroxyl groups excluding tert-OH is 1. The summed E-state index contributed by atoms with van der Waals surface area (Å²) in [6.07, 6.45) is 2.58. The molecule has 218 valence electrons. The Morgan fingerprint density at radius 3 is 2.52 bits per heavy atom. The monoisotopic (exact) mass is 568 g/mol. The smallest absolute Gasteiger partial charge is 0.312 e. The Balaban J connectivity index is 1.50. The Bertz CT molecular complexity index is 1540. The normalized spacial score (nSPS) is 28.5. The summed E-state index contributed by atoms with van der Waals surface area (Å²) in [4.78, 5) is 45.9. The van der Waals surface area contributed by atoms with Crippen molar-refractivity contribution in [1.29, 1.82) is 0 Å². The van der Waals surface area contributed by atoms with E-state index in [0.29, 0.717) is 24.1 Å². The Labute approximate surface area is 245 Å². The van der Waals surface area contributed by atoms with E-state index in [0.717, 1.165) is 10.8 Å². The summed E-state index contributed by atoms with van der Waals surface area (Å²) in [5, 5.41) is 12.7. The van der Waals surface area contributed by atoms with E-state index >= 15 is 0 Å². The van der Waals surface area contributed by atoms with Crippen LogP contribution in [0.4, 0.5) is 5.69 Å². The summed E-state index contributed by atoms with van der Waals surface area (Å²) in [6, 6.07) is 21.0. The van der Waals surface area contributed by atoms with Gasteiger partial charge in [0, 0.05) is 12.2 Å². The number of anilines is 1. The highest BCUT2D eigenvalue weighted by Gasteiger charge is 2.79. The first-order valence-corrected chi connectivity index (χ1v) is 14.6. The molecular weight excluding hydrogens is 532 g/mol. The number of aliphatic hydroxyl groups is 1. The fourth-order valence-electron chi connectivity index (χ4n) is 7.54. The first-order chi connectivity index (χ1) is 20.3. The predicted octanol–water partition coefficient (Wildman–Crippen LogP) is 4.42. The van der Waals surface area contributed by atoms with Crippen molar-refractivity contribution in [3.05, 3.63) is 91.0 Å². The fraction of sp³-hybridized carbons (Fsp3) is 0.382. The molecule has 3 fully saturated rings. The molecule has 2 unspecified atom stereocenters. The maximum absolute atomic E-state index is 14.9. The number of esters is 1. The minimum atomic E-state index is -1.25. The fourth-order valence-corrected chi connectivity index (χ4v) is 7.54. The molecule has 42 heavy (non-hydrogen) atoms. The molecule has 0 aromatic heterocycles. The molecule has 3 aliphatic rings. The second kappa shape index (κ2) is 10.7. The molecule has 3 aliphatic heterocycles. The topological polar surface area (TPSA) is 96.4 Å². The maximum atomic E-state index is 14.9. The number of hydrogen-bond donors (Lipinski definition) is 1. The predicted molar refractivity (Wildman–Crippen MR) is 158 cm³/mol. The first kappa shape index (κ1) is 28.1. The zero-order valence-electron chi connectivity index (χ0n) is 23.9. The molecule has 8 nitrogen and oxygen atoms in total. The molecule has 3 heterocycles. The minimum Gasteiger partial charge on any atom is -0.466 e. The SMILES string of the molecule is C=CCN(C(=O)C1N([C@H](CO)c2ccccc2)C(=O)[C@@H]2[C@@H](C(=O)OCC)[C@@]3(C)CCC12O3)c1ccc2ccccc2c1. The average molecular weight is 569 g/mol. The van der Waals surface area contributed by atoms with Crippen molar-refractivity contribution in [2.75, 3.05) is 24.7 Å². The number of hydrogen-bond acceptors (Lipinski definition) is 6. The van der Waals surface area contributed by atoms with E-state index in [9.17, 15) is 19.5 Å². The Morgan fingerprint density at radius 1 is 1.12 bits per heavy atom. The van der Waals surface area contributed by atoms with Crippen LogP contribution in [0.1, 0.15) is 38.3 Å². The lowest BCUT2D eigenvalue weighted by Gasteiger charge is -2.39. The zero-order valence-corrected chi connectivity index (χ0v) is 23.9. The number of likely N-dealkylation sites (tertiary alicyclic amines) is 1. The standard InChI is InChI=1S/C34H36N2O6/c1-4-19-35(25-16-15-22-11-9-10-14-24(22)20-25)31(39)29-34-18-17-33(3,42-34)28(32(40)41-5-2)27(34)30(38)36(29)26(21-37)23-12-7-6-8-13-23/h4,6-16,20,26-29,37H,1,5,17-19,21H2,2-3H3/t26-,27+,28+,29?,33-,34?/m1/s1. The van der Waals surface area contributed by atoms with Crippen LogP contribution in [0.5, 0.6) is 0 Å². The zero-order chi connectivity index (χ0) is 29.6. The third-order valence-electron chi connectivity index (χ3n) is 9.30. The summed E-state index contributed by atoms with van der Waals surface area (Å²) in [6.45, 7) is 7.44. The number of ether oxygens (including phenoxy) is 2. The Morgan fingerprint density at radius 2 is 1.83 bits per heavy atom. The molecule has 8 heteroatoms. The van der Waals surface area contributed by atoms with Crippen molar-refractivity contribution < 1.29 is 29.0 Å². The van der Waals surface area contributed by atoms with Gasteiger partial charge in [0.15, 0.2) is 0 Å². The van der Waals surface area contributed by atoms with E-state index in [1.165, 1.54) is 4.90 Å². The van der Waals surface area contributed by atoms with E-state index in [1.54, 1.807) is 17.9 Å². The number of amides is 2. The molecule has 2 bridgehead atoms. The molecule has 3 saturated heterocycles. The van der Waals surface area contributed by atoms with Crippen LogP contribution < -0.4 is 4.90 Å². The van der Waals surface area contributed by atoms with Gasteiger partial charge in [0.2, 0.25) is 5.91 Å². The average Bonchev–Trinajstić information content (AvgIpc) is 3.57. The molecule has 1 spiro atoms. The summed E-state index contributed by atoms with van der Waals surface area (Å²) in [5.41, 5.74) is -0.840. The van der Waals surface area contributed by atoms with Crippen LogP contribution >= 0.6 is 0 Å². The largest absolute Gasteiger partial charge is 0.466 e. The summed E-state index contributed by atoms with van der Waals surface area (Å²) < 4.78 is 12.2. The van der Waals surface area contributed by atoms with Crippen molar-refractivity contribution in [3.8, 4) is 0 Å².